The lowest BCUT2D eigenvalue weighted by Gasteiger charge is -2.06. The Labute approximate surface area is 171 Å². The van der Waals surface area contributed by atoms with Gasteiger partial charge in [0.1, 0.15) is 5.82 Å². The Balaban J connectivity index is 1.58. The van der Waals surface area contributed by atoms with Crippen molar-refractivity contribution in [2.75, 3.05) is 0 Å². The molecule has 0 fully saturated rings. The van der Waals surface area contributed by atoms with Crippen LogP contribution in [0.15, 0.2) is 77.9 Å². The highest BCUT2D eigenvalue weighted by molar-refractivity contribution is 14.1. The standard InChI is InChI=1S/C23H18FIN2/c1-16-11-21(6-7-22(16)25)26-14-17-5-8-23-19(12-17)9-10-27(23)15-18-3-2-4-20(24)13-18/h2-14H,15H2,1H3. The van der Waals surface area contributed by atoms with Crippen molar-refractivity contribution in [3.05, 3.63) is 99.0 Å². The minimum Gasteiger partial charge on any atom is -0.343 e. The van der Waals surface area contributed by atoms with Crippen LogP contribution < -0.4 is 0 Å². The molecule has 0 saturated heterocycles. The fourth-order valence-corrected chi connectivity index (χ4v) is 3.46. The molecule has 4 heteroatoms. The van der Waals surface area contributed by atoms with Crippen LogP contribution >= 0.6 is 22.6 Å². The fraction of sp³-hybridized carbons (Fsp3) is 0.0870. The lowest BCUT2D eigenvalue weighted by Crippen LogP contribution is -1.98. The molecule has 0 N–H and O–H groups in total. The Bertz CT molecular complexity index is 1140. The van der Waals surface area contributed by atoms with Gasteiger partial charge in [-0.3, -0.25) is 4.99 Å². The Morgan fingerprint density at radius 3 is 2.74 bits per heavy atom. The summed E-state index contributed by atoms with van der Waals surface area (Å²) >= 11 is 2.33. The van der Waals surface area contributed by atoms with Crippen molar-refractivity contribution < 1.29 is 4.39 Å². The number of rotatable bonds is 4. The smallest absolute Gasteiger partial charge is 0.123 e. The van der Waals surface area contributed by atoms with Gasteiger partial charge in [-0.15, -0.1) is 0 Å². The molecule has 27 heavy (non-hydrogen) atoms. The molecule has 0 spiro atoms. The molecule has 0 aliphatic rings. The van der Waals surface area contributed by atoms with E-state index in [1.165, 1.54) is 15.2 Å². The first-order chi connectivity index (χ1) is 13.1. The van der Waals surface area contributed by atoms with Gasteiger partial charge < -0.3 is 4.57 Å². The third-order valence-electron chi connectivity index (χ3n) is 4.54. The van der Waals surface area contributed by atoms with Gasteiger partial charge in [0.2, 0.25) is 0 Å². The number of halogens is 2. The first kappa shape index (κ1) is 17.9. The zero-order valence-corrected chi connectivity index (χ0v) is 17.0. The number of aliphatic imine (C=N–C) groups is 1. The highest BCUT2D eigenvalue weighted by Gasteiger charge is 2.04. The zero-order valence-electron chi connectivity index (χ0n) is 14.9. The van der Waals surface area contributed by atoms with E-state index in [2.05, 4.69) is 75.5 Å². The average molecular weight is 468 g/mol. The second-order valence-electron chi connectivity index (χ2n) is 6.58. The van der Waals surface area contributed by atoms with E-state index < -0.39 is 0 Å². The molecule has 2 nitrogen and oxygen atoms in total. The molecule has 0 aliphatic carbocycles. The lowest BCUT2D eigenvalue weighted by molar-refractivity contribution is 0.624. The SMILES string of the molecule is Cc1cc(N=Cc2ccc3c(ccn3Cc3cccc(F)c3)c2)ccc1I. The maximum Gasteiger partial charge on any atom is 0.123 e. The maximum atomic E-state index is 13.4. The van der Waals surface area contributed by atoms with Crippen molar-refractivity contribution in [1.29, 1.82) is 0 Å². The topological polar surface area (TPSA) is 17.3 Å². The van der Waals surface area contributed by atoms with Crippen LogP contribution in [0.25, 0.3) is 10.9 Å². The van der Waals surface area contributed by atoms with Crippen molar-refractivity contribution in [3.8, 4) is 0 Å². The van der Waals surface area contributed by atoms with Gasteiger partial charge >= 0.3 is 0 Å². The number of aryl methyl sites for hydroxylation is 1. The van der Waals surface area contributed by atoms with Crippen LogP contribution in [0, 0.1) is 16.3 Å². The molecule has 4 aromatic rings. The van der Waals surface area contributed by atoms with E-state index in [1.54, 1.807) is 12.1 Å². The molecule has 0 atom stereocenters. The molecule has 0 radical (unpaired) electrons. The van der Waals surface area contributed by atoms with Gasteiger partial charge in [0.25, 0.3) is 0 Å². The van der Waals surface area contributed by atoms with Crippen molar-refractivity contribution in [2.24, 2.45) is 4.99 Å². The highest BCUT2D eigenvalue weighted by atomic mass is 127. The van der Waals surface area contributed by atoms with Crippen molar-refractivity contribution in [3.63, 3.8) is 0 Å². The third-order valence-corrected chi connectivity index (χ3v) is 5.75. The summed E-state index contributed by atoms with van der Waals surface area (Å²) in [5, 5.41) is 1.15. The van der Waals surface area contributed by atoms with E-state index in [1.807, 2.05) is 24.5 Å². The van der Waals surface area contributed by atoms with E-state index in [0.29, 0.717) is 6.54 Å². The molecule has 0 amide bonds. The summed E-state index contributed by atoms with van der Waals surface area (Å²) in [5.74, 6) is -0.201. The van der Waals surface area contributed by atoms with Gasteiger partial charge in [0.15, 0.2) is 0 Å². The summed E-state index contributed by atoms with van der Waals surface area (Å²) in [6, 6.07) is 21.3. The molecule has 0 unspecified atom stereocenters. The molecular weight excluding hydrogens is 450 g/mol. The van der Waals surface area contributed by atoms with Crippen molar-refractivity contribution in [1.82, 2.24) is 4.57 Å². The first-order valence-corrected chi connectivity index (χ1v) is 9.80. The summed E-state index contributed by atoms with van der Waals surface area (Å²) in [6.07, 6.45) is 3.93. The fourth-order valence-electron chi connectivity index (χ4n) is 3.13. The van der Waals surface area contributed by atoms with Gasteiger partial charge in [-0.25, -0.2) is 4.39 Å². The lowest BCUT2D eigenvalue weighted by atomic mass is 10.1. The second-order valence-corrected chi connectivity index (χ2v) is 7.75. The molecular formula is C23H18FIN2. The Hall–Kier alpha value is -2.47. The summed E-state index contributed by atoms with van der Waals surface area (Å²) < 4.78 is 16.8. The van der Waals surface area contributed by atoms with E-state index in [4.69, 9.17) is 0 Å². The summed E-state index contributed by atoms with van der Waals surface area (Å²) in [4.78, 5) is 4.59. The summed E-state index contributed by atoms with van der Waals surface area (Å²) in [5.41, 5.74) is 5.32. The largest absolute Gasteiger partial charge is 0.343 e. The number of aromatic nitrogens is 1. The molecule has 1 aromatic heterocycles. The summed E-state index contributed by atoms with van der Waals surface area (Å²) in [6.45, 7) is 2.74. The minimum absolute atomic E-state index is 0.201. The van der Waals surface area contributed by atoms with Crippen LogP contribution in [-0.2, 0) is 6.54 Å². The second kappa shape index (κ2) is 7.64. The summed E-state index contributed by atoms with van der Waals surface area (Å²) in [7, 11) is 0. The normalized spacial score (nSPS) is 11.5. The van der Waals surface area contributed by atoms with Gasteiger partial charge in [0.05, 0.1) is 5.69 Å². The van der Waals surface area contributed by atoms with E-state index in [9.17, 15) is 4.39 Å². The molecule has 1 heterocycles. The van der Waals surface area contributed by atoms with E-state index in [-0.39, 0.29) is 5.82 Å². The van der Waals surface area contributed by atoms with Crippen LogP contribution in [0.3, 0.4) is 0 Å². The molecule has 0 bridgehead atoms. The van der Waals surface area contributed by atoms with Crippen LogP contribution in [0.2, 0.25) is 0 Å². The van der Waals surface area contributed by atoms with Crippen LogP contribution in [0.4, 0.5) is 10.1 Å². The number of benzene rings is 3. The quantitative estimate of drug-likeness (QED) is 0.241. The molecule has 0 saturated carbocycles. The van der Waals surface area contributed by atoms with Gasteiger partial charge in [-0.2, -0.15) is 0 Å². The molecule has 3 aromatic carbocycles. The first-order valence-electron chi connectivity index (χ1n) is 8.72. The van der Waals surface area contributed by atoms with Crippen LogP contribution in [-0.4, -0.2) is 10.8 Å². The van der Waals surface area contributed by atoms with E-state index in [0.717, 1.165) is 27.7 Å². The van der Waals surface area contributed by atoms with Gasteiger partial charge in [-0.05, 0) is 94.7 Å². The number of nitrogens with zero attached hydrogens (tertiary/aromatic N) is 2. The van der Waals surface area contributed by atoms with Crippen LogP contribution in [0.5, 0.6) is 0 Å². The predicted octanol–water partition coefficient (Wildman–Crippen LogP) is 6.49. The molecule has 134 valence electrons. The predicted molar refractivity (Wildman–Crippen MR) is 119 cm³/mol. The number of hydrogen-bond acceptors (Lipinski definition) is 1. The molecule has 4 rings (SSSR count). The van der Waals surface area contributed by atoms with Gasteiger partial charge in [-0.1, -0.05) is 18.2 Å². The average Bonchev–Trinajstić information content (AvgIpc) is 3.05. The van der Waals surface area contributed by atoms with Gasteiger partial charge in [0, 0.05) is 33.4 Å². The Kier molecular flexibility index (Phi) is 5.07. The Morgan fingerprint density at radius 2 is 1.93 bits per heavy atom. The van der Waals surface area contributed by atoms with E-state index >= 15 is 0 Å². The van der Waals surface area contributed by atoms with Crippen molar-refractivity contribution >= 4 is 45.4 Å². The molecule has 0 aliphatic heterocycles. The van der Waals surface area contributed by atoms with Crippen LogP contribution in [0.1, 0.15) is 16.7 Å². The maximum absolute atomic E-state index is 13.4. The zero-order chi connectivity index (χ0) is 18.8. The van der Waals surface area contributed by atoms with Crippen molar-refractivity contribution in [2.45, 2.75) is 13.5 Å². The highest BCUT2D eigenvalue weighted by Crippen LogP contribution is 2.21. The number of fused-ring (bicyclic) bond motifs is 1. The minimum atomic E-state index is -0.201. The number of hydrogen-bond donors (Lipinski definition) is 0. The Morgan fingerprint density at radius 1 is 1.04 bits per heavy atom. The third kappa shape index (κ3) is 4.11. The monoisotopic (exact) mass is 468 g/mol.